The summed E-state index contributed by atoms with van der Waals surface area (Å²) in [7, 11) is 0. The van der Waals surface area contributed by atoms with Crippen molar-refractivity contribution in [3.63, 3.8) is 0 Å². The van der Waals surface area contributed by atoms with Crippen molar-refractivity contribution in [2.45, 2.75) is 50.6 Å². The monoisotopic (exact) mass is 290 g/mol. The van der Waals surface area contributed by atoms with Crippen molar-refractivity contribution in [3.8, 4) is 0 Å². The third-order valence-corrected chi connectivity index (χ3v) is 4.37. The molecule has 1 fully saturated rings. The van der Waals surface area contributed by atoms with Gasteiger partial charge in [-0.2, -0.15) is 0 Å². The van der Waals surface area contributed by atoms with Crippen molar-refractivity contribution in [2.75, 3.05) is 6.61 Å². The summed E-state index contributed by atoms with van der Waals surface area (Å²) in [5.41, 5.74) is 6.62. The minimum atomic E-state index is -0.776. The van der Waals surface area contributed by atoms with Gasteiger partial charge in [-0.15, -0.1) is 0 Å². The Bertz CT molecular complexity index is 463. The van der Waals surface area contributed by atoms with Crippen molar-refractivity contribution in [1.82, 2.24) is 5.32 Å². The predicted molar refractivity (Wildman–Crippen MR) is 83.7 cm³/mol. The largest absolute Gasteiger partial charge is 0.394 e. The predicted octanol–water partition coefficient (Wildman–Crippen LogP) is 1.61. The molecule has 1 aromatic rings. The van der Waals surface area contributed by atoms with Gasteiger partial charge in [0, 0.05) is 0 Å². The molecule has 4 nitrogen and oxygen atoms in total. The highest BCUT2D eigenvalue weighted by Gasteiger charge is 2.38. The van der Waals surface area contributed by atoms with Gasteiger partial charge in [0.2, 0.25) is 5.91 Å². The molecular formula is C17H26N2O2. The first-order valence-electron chi connectivity index (χ1n) is 7.78. The molecule has 0 aromatic heterocycles. The Kier molecular flexibility index (Phi) is 5.37. The average Bonchev–Trinajstić information content (AvgIpc) is 2.47. The number of carbonyl (C=O) groups excluding carboxylic acids is 1. The van der Waals surface area contributed by atoms with Crippen LogP contribution in [0.25, 0.3) is 0 Å². The van der Waals surface area contributed by atoms with Crippen LogP contribution in [0.15, 0.2) is 30.3 Å². The van der Waals surface area contributed by atoms with Crippen LogP contribution in [0.1, 0.15) is 38.2 Å². The van der Waals surface area contributed by atoms with Gasteiger partial charge < -0.3 is 16.2 Å². The SMILES string of the molecule is CC1CCCC(N)(C(=O)N[C@@H](CO)Cc2ccccc2)C1. The van der Waals surface area contributed by atoms with E-state index in [-0.39, 0.29) is 18.6 Å². The van der Waals surface area contributed by atoms with Crippen LogP contribution in [0.2, 0.25) is 0 Å². The Labute approximate surface area is 126 Å². The molecule has 21 heavy (non-hydrogen) atoms. The number of nitrogens with one attached hydrogen (secondary N) is 1. The highest BCUT2D eigenvalue weighted by atomic mass is 16.3. The normalized spacial score (nSPS) is 27.1. The maximum absolute atomic E-state index is 12.5. The minimum Gasteiger partial charge on any atom is -0.394 e. The van der Waals surface area contributed by atoms with Crippen molar-refractivity contribution in [1.29, 1.82) is 0 Å². The molecule has 4 N–H and O–H groups in total. The molecule has 2 rings (SSSR count). The van der Waals surface area contributed by atoms with Crippen LogP contribution >= 0.6 is 0 Å². The zero-order chi connectivity index (χ0) is 15.3. The van der Waals surface area contributed by atoms with Gasteiger partial charge in [0.05, 0.1) is 18.2 Å². The topological polar surface area (TPSA) is 75.4 Å². The van der Waals surface area contributed by atoms with E-state index < -0.39 is 5.54 Å². The van der Waals surface area contributed by atoms with E-state index in [1.165, 1.54) is 0 Å². The first-order chi connectivity index (χ1) is 10.0. The Hall–Kier alpha value is -1.39. The lowest BCUT2D eigenvalue weighted by molar-refractivity contribution is -0.129. The molecule has 4 heteroatoms. The summed E-state index contributed by atoms with van der Waals surface area (Å²) in [5, 5.41) is 12.4. The molecule has 1 aromatic carbocycles. The fourth-order valence-corrected chi connectivity index (χ4v) is 3.19. The van der Waals surface area contributed by atoms with Gasteiger partial charge in [-0.1, -0.05) is 50.1 Å². The Morgan fingerprint density at radius 3 is 2.81 bits per heavy atom. The lowest BCUT2D eigenvalue weighted by Crippen LogP contribution is -2.58. The summed E-state index contributed by atoms with van der Waals surface area (Å²) >= 11 is 0. The van der Waals surface area contributed by atoms with Crippen molar-refractivity contribution < 1.29 is 9.90 Å². The molecule has 0 heterocycles. The lowest BCUT2D eigenvalue weighted by atomic mass is 9.76. The van der Waals surface area contributed by atoms with Crippen LogP contribution in [0, 0.1) is 5.92 Å². The third-order valence-electron chi connectivity index (χ3n) is 4.37. The first kappa shape index (κ1) is 16.0. The van der Waals surface area contributed by atoms with E-state index in [4.69, 9.17) is 5.73 Å². The van der Waals surface area contributed by atoms with Gasteiger partial charge in [-0.25, -0.2) is 0 Å². The standard InChI is InChI=1S/C17H26N2O2/c1-13-6-5-9-17(18,11-13)16(21)19-15(12-20)10-14-7-3-2-4-8-14/h2-4,7-8,13,15,20H,5-6,9-12,18H2,1H3,(H,19,21)/t13?,15-,17?/m1/s1. The maximum Gasteiger partial charge on any atom is 0.240 e. The zero-order valence-electron chi connectivity index (χ0n) is 12.7. The van der Waals surface area contributed by atoms with Gasteiger partial charge in [0.15, 0.2) is 0 Å². The first-order valence-corrected chi connectivity index (χ1v) is 7.78. The van der Waals surface area contributed by atoms with Crippen LogP contribution in [-0.2, 0) is 11.2 Å². The second-order valence-electron chi connectivity index (χ2n) is 6.40. The van der Waals surface area contributed by atoms with Crippen LogP contribution in [0.4, 0.5) is 0 Å². The molecule has 0 saturated heterocycles. The minimum absolute atomic E-state index is 0.0771. The van der Waals surface area contributed by atoms with Gasteiger partial charge in [-0.05, 0) is 30.7 Å². The molecule has 0 radical (unpaired) electrons. The molecule has 1 aliphatic carbocycles. The van der Waals surface area contributed by atoms with Crippen LogP contribution < -0.4 is 11.1 Å². The summed E-state index contributed by atoms with van der Waals surface area (Å²) in [6, 6.07) is 9.58. The second kappa shape index (κ2) is 7.05. The van der Waals surface area contributed by atoms with Crippen molar-refractivity contribution in [2.24, 2.45) is 11.7 Å². The number of benzene rings is 1. The molecule has 1 amide bonds. The van der Waals surface area contributed by atoms with E-state index in [0.29, 0.717) is 12.3 Å². The number of aliphatic hydroxyl groups is 1. The van der Waals surface area contributed by atoms with E-state index in [1.54, 1.807) is 0 Å². The Balaban J connectivity index is 1.96. The number of nitrogens with two attached hydrogens (primary N) is 1. The van der Waals surface area contributed by atoms with Crippen molar-refractivity contribution in [3.05, 3.63) is 35.9 Å². The summed E-state index contributed by atoms with van der Waals surface area (Å²) in [6.45, 7) is 2.06. The average molecular weight is 290 g/mol. The number of hydrogen-bond donors (Lipinski definition) is 3. The molecule has 2 unspecified atom stereocenters. The molecule has 0 aliphatic heterocycles. The number of hydrogen-bond acceptors (Lipinski definition) is 3. The van der Waals surface area contributed by atoms with E-state index in [9.17, 15) is 9.90 Å². The van der Waals surface area contributed by atoms with E-state index in [2.05, 4.69) is 12.2 Å². The van der Waals surface area contributed by atoms with Crippen LogP contribution in [0.5, 0.6) is 0 Å². The number of carbonyl (C=O) groups is 1. The molecular weight excluding hydrogens is 264 g/mol. The molecule has 1 aliphatic rings. The smallest absolute Gasteiger partial charge is 0.240 e. The fraction of sp³-hybridized carbons (Fsp3) is 0.588. The molecule has 0 bridgehead atoms. The van der Waals surface area contributed by atoms with E-state index in [1.807, 2.05) is 30.3 Å². The summed E-state index contributed by atoms with van der Waals surface area (Å²) in [5.74, 6) is 0.361. The summed E-state index contributed by atoms with van der Waals surface area (Å²) in [4.78, 5) is 12.5. The fourth-order valence-electron chi connectivity index (χ4n) is 3.19. The molecule has 1 saturated carbocycles. The van der Waals surface area contributed by atoms with E-state index >= 15 is 0 Å². The number of rotatable bonds is 5. The second-order valence-corrected chi connectivity index (χ2v) is 6.40. The maximum atomic E-state index is 12.5. The van der Waals surface area contributed by atoms with Gasteiger partial charge in [-0.3, -0.25) is 4.79 Å². The number of aliphatic hydroxyl groups excluding tert-OH is 1. The highest BCUT2D eigenvalue weighted by Crippen LogP contribution is 2.30. The summed E-state index contributed by atoms with van der Waals surface area (Å²) in [6.07, 6.45) is 4.21. The molecule has 0 spiro atoms. The van der Waals surface area contributed by atoms with Gasteiger partial charge in [0.1, 0.15) is 0 Å². The summed E-state index contributed by atoms with van der Waals surface area (Å²) < 4.78 is 0. The Morgan fingerprint density at radius 2 is 2.19 bits per heavy atom. The number of amides is 1. The Morgan fingerprint density at radius 1 is 1.48 bits per heavy atom. The van der Waals surface area contributed by atoms with Crippen LogP contribution in [-0.4, -0.2) is 29.2 Å². The molecule has 116 valence electrons. The third kappa shape index (κ3) is 4.29. The van der Waals surface area contributed by atoms with Gasteiger partial charge >= 0.3 is 0 Å². The van der Waals surface area contributed by atoms with E-state index in [0.717, 1.165) is 31.2 Å². The lowest BCUT2D eigenvalue weighted by Gasteiger charge is -2.36. The van der Waals surface area contributed by atoms with Crippen LogP contribution in [0.3, 0.4) is 0 Å². The molecule has 3 atom stereocenters. The quantitative estimate of drug-likeness (QED) is 0.771. The highest BCUT2D eigenvalue weighted by molar-refractivity contribution is 5.86. The zero-order valence-corrected chi connectivity index (χ0v) is 12.7. The van der Waals surface area contributed by atoms with Gasteiger partial charge in [0.25, 0.3) is 0 Å². The van der Waals surface area contributed by atoms with Crippen molar-refractivity contribution >= 4 is 5.91 Å².